The van der Waals surface area contributed by atoms with Crippen LogP contribution in [0.2, 0.25) is 5.15 Å². The second-order valence-electron chi connectivity index (χ2n) is 3.62. The van der Waals surface area contributed by atoms with Crippen LogP contribution in [0.3, 0.4) is 0 Å². The van der Waals surface area contributed by atoms with Crippen LogP contribution in [0.1, 0.15) is 6.92 Å². The molecular weight excluding hydrogens is 264 g/mol. The lowest BCUT2D eigenvalue weighted by atomic mass is 10.4. The molecule has 0 aliphatic carbocycles. The highest BCUT2D eigenvalue weighted by Gasteiger charge is 2.27. The molecule has 0 fully saturated rings. The smallest absolute Gasteiger partial charge is 0.246 e. The second kappa shape index (κ2) is 5.77. The standard InChI is InChI=1S/C10H15ClN2O3S/c1-8(7-16-3)13(2)17(14,15)9-5-4-6-12-10(9)11/h4-6,8H,7H2,1-3H3. The van der Waals surface area contributed by atoms with Crippen molar-refractivity contribution in [3.63, 3.8) is 0 Å². The number of hydrogen-bond donors (Lipinski definition) is 0. The van der Waals surface area contributed by atoms with E-state index in [9.17, 15) is 8.42 Å². The number of ether oxygens (including phenoxy) is 1. The molecule has 1 unspecified atom stereocenters. The van der Waals surface area contributed by atoms with Crippen LogP contribution in [-0.4, -0.2) is 44.5 Å². The van der Waals surface area contributed by atoms with Gasteiger partial charge in [-0.25, -0.2) is 13.4 Å². The van der Waals surface area contributed by atoms with Gasteiger partial charge in [0.25, 0.3) is 0 Å². The molecule has 0 bridgehead atoms. The first kappa shape index (κ1) is 14.4. The molecule has 0 amide bonds. The zero-order valence-electron chi connectivity index (χ0n) is 9.92. The van der Waals surface area contributed by atoms with E-state index in [2.05, 4.69) is 4.98 Å². The summed E-state index contributed by atoms with van der Waals surface area (Å²) in [4.78, 5) is 3.77. The number of sulfonamides is 1. The molecule has 1 aromatic heterocycles. The van der Waals surface area contributed by atoms with Crippen LogP contribution in [0.5, 0.6) is 0 Å². The maximum Gasteiger partial charge on any atom is 0.246 e. The molecule has 0 radical (unpaired) electrons. The van der Waals surface area contributed by atoms with Crippen molar-refractivity contribution in [3.05, 3.63) is 23.5 Å². The van der Waals surface area contributed by atoms with Crippen LogP contribution in [-0.2, 0) is 14.8 Å². The van der Waals surface area contributed by atoms with Crippen molar-refractivity contribution >= 4 is 21.6 Å². The van der Waals surface area contributed by atoms with Gasteiger partial charge in [-0.05, 0) is 19.1 Å². The van der Waals surface area contributed by atoms with Gasteiger partial charge in [-0.15, -0.1) is 0 Å². The van der Waals surface area contributed by atoms with Gasteiger partial charge in [0.1, 0.15) is 10.0 Å². The number of nitrogens with zero attached hydrogens (tertiary/aromatic N) is 2. The topological polar surface area (TPSA) is 59.5 Å². The molecule has 5 nitrogen and oxygen atoms in total. The number of pyridine rings is 1. The Labute approximate surface area is 106 Å². The Morgan fingerprint density at radius 1 is 1.59 bits per heavy atom. The summed E-state index contributed by atoms with van der Waals surface area (Å²) in [5.74, 6) is 0. The fourth-order valence-electron chi connectivity index (χ4n) is 1.30. The third-order valence-electron chi connectivity index (χ3n) is 2.41. The monoisotopic (exact) mass is 278 g/mol. The van der Waals surface area contributed by atoms with E-state index < -0.39 is 10.0 Å². The van der Waals surface area contributed by atoms with Gasteiger partial charge in [-0.1, -0.05) is 11.6 Å². The quantitative estimate of drug-likeness (QED) is 0.764. The van der Waals surface area contributed by atoms with Crippen LogP contribution >= 0.6 is 11.6 Å². The summed E-state index contributed by atoms with van der Waals surface area (Å²) in [6.07, 6.45) is 1.44. The third kappa shape index (κ3) is 3.16. The molecule has 0 spiro atoms. The number of methoxy groups -OCH3 is 1. The normalized spacial score (nSPS) is 13.9. The molecule has 0 aliphatic rings. The highest BCUT2D eigenvalue weighted by molar-refractivity contribution is 7.89. The summed E-state index contributed by atoms with van der Waals surface area (Å²) in [5, 5.41) is -0.0241. The maximum absolute atomic E-state index is 12.2. The predicted octanol–water partition coefficient (Wildman–Crippen LogP) is 1.39. The first-order valence-corrected chi connectivity index (χ1v) is 6.80. The molecule has 17 heavy (non-hydrogen) atoms. The van der Waals surface area contributed by atoms with E-state index in [-0.39, 0.29) is 16.1 Å². The van der Waals surface area contributed by atoms with Crippen molar-refractivity contribution in [1.29, 1.82) is 0 Å². The minimum atomic E-state index is -3.63. The molecule has 0 aromatic carbocycles. The number of rotatable bonds is 5. The zero-order valence-corrected chi connectivity index (χ0v) is 11.5. The van der Waals surface area contributed by atoms with Gasteiger partial charge < -0.3 is 4.74 Å². The summed E-state index contributed by atoms with van der Waals surface area (Å²) in [6.45, 7) is 2.07. The number of likely N-dealkylation sites (N-methyl/N-ethyl adjacent to an activating group) is 1. The summed E-state index contributed by atoms with van der Waals surface area (Å²) in [7, 11) is -0.622. The van der Waals surface area contributed by atoms with Gasteiger partial charge >= 0.3 is 0 Å². The van der Waals surface area contributed by atoms with Crippen molar-refractivity contribution in [3.8, 4) is 0 Å². The molecule has 0 N–H and O–H groups in total. The fraction of sp³-hybridized carbons (Fsp3) is 0.500. The Morgan fingerprint density at radius 3 is 2.76 bits per heavy atom. The van der Waals surface area contributed by atoms with Gasteiger partial charge in [0.2, 0.25) is 10.0 Å². The lowest BCUT2D eigenvalue weighted by Crippen LogP contribution is -2.37. The Balaban J connectivity index is 3.08. The summed E-state index contributed by atoms with van der Waals surface area (Å²) >= 11 is 5.79. The highest BCUT2D eigenvalue weighted by atomic mass is 35.5. The van der Waals surface area contributed by atoms with Crippen molar-refractivity contribution < 1.29 is 13.2 Å². The summed E-state index contributed by atoms with van der Waals surface area (Å²) in [5.41, 5.74) is 0. The predicted molar refractivity (Wildman–Crippen MR) is 65.5 cm³/mol. The number of aromatic nitrogens is 1. The van der Waals surface area contributed by atoms with E-state index in [0.29, 0.717) is 6.61 Å². The SMILES string of the molecule is COCC(C)N(C)S(=O)(=O)c1cccnc1Cl. The summed E-state index contributed by atoms with van der Waals surface area (Å²) < 4.78 is 30.6. The van der Waals surface area contributed by atoms with E-state index in [1.54, 1.807) is 6.92 Å². The highest BCUT2D eigenvalue weighted by Crippen LogP contribution is 2.22. The molecule has 0 saturated carbocycles. The van der Waals surface area contributed by atoms with Crippen molar-refractivity contribution in [2.75, 3.05) is 20.8 Å². The third-order valence-corrected chi connectivity index (χ3v) is 4.83. The zero-order chi connectivity index (χ0) is 13.1. The number of hydrogen-bond acceptors (Lipinski definition) is 4. The molecule has 1 atom stereocenters. The molecule has 1 rings (SSSR count). The first-order valence-electron chi connectivity index (χ1n) is 4.98. The molecule has 96 valence electrons. The van der Waals surface area contributed by atoms with Gasteiger partial charge in [-0.2, -0.15) is 4.31 Å². The fourth-order valence-corrected chi connectivity index (χ4v) is 3.07. The van der Waals surface area contributed by atoms with Gasteiger partial charge in [0, 0.05) is 26.4 Å². The van der Waals surface area contributed by atoms with E-state index in [4.69, 9.17) is 16.3 Å². The van der Waals surface area contributed by atoms with Crippen LogP contribution in [0, 0.1) is 0 Å². The largest absolute Gasteiger partial charge is 0.383 e. The maximum atomic E-state index is 12.2. The van der Waals surface area contributed by atoms with E-state index in [1.165, 1.54) is 36.8 Å². The molecule has 7 heteroatoms. The van der Waals surface area contributed by atoms with Crippen LogP contribution < -0.4 is 0 Å². The van der Waals surface area contributed by atoms with E-state index in [0.717, 1.165) is 0 Å². The lowest BCUT2D eigenvalue weighted by molar-refractivity contribution is 0.149. The van der Waals surface area contributed by atoms with E-state index >= 15 is 0 Å². The van der Waals surface area contributed by atoms with Crippen LogP contribution in [0.4, 0.5) is 0 Å². The average Bonchev–Trinajstić information content (AvgIpc) is 2.28. The Bertz CT molecular complexity index is 478. The van der Waals surface area contributed by atoms with Gasteiger partial charge in [0.15, 0.2) is 0 Å². The minimum Gasteiger partial charge on any atom is -0.383 e. The number of halogens is 1. The van der Waals surface area contributed by atoms with Crippen LogP contribution in [0.25, 0.3) is 0 Å². The lowest BCUT2D eigenvalue weighted by Gasteiger charge is -2.23. The Hall–Kier alpha value is -0.690. The Kier molecular flexibility index (Phi) is 4.88. The molecule has 1 aromatic rings. The van der Waals surface area contributed by atoms with Crippen molar-refractivity contribution in [2.45, 2.75) is 17.9 Å². The van der Waals surface area contributed by atoms with Crippen molar-refractivity contribution in [2.24, 2.45) is 0 Å². The minimum absolute atomic E-state index is 0.00659. The summed E-state index contributed by atoms with van der Waals surface area (Å²) in [6, 6.07) is 2.69. The van der Waals surface area contributed by atoms with Crippen molar-refractivity contribution in [1.82, 2.24) is 9.29 Å². The van der Waals surface area contributed by atoms with Gasteiger partial charge in [0.05, 0.1) is 6.61 Å². The molecule has 1 heterocycles. The first-order chi connectivity index (χ1) is 7.91. The average molecular weight is 279 g/mol. The molecule has 0 aliphatic heterocycles. The molecule has 0 saturated heterocycles. The Morgan fingerprint density at radius 2 is 2.24 bits per heavy atom. The molecular formula is C10H15ClN2O3S. The second-order valence-corrected chi connectivity index (χ2v) is 5.94. The van der Waals surface area contributed by atoms with E-state index in [1.807, 2.05) is 0 Å². The van der Waals surface area contributed by atoms with Crippen LogP contribution in [0.15, 0.2) is 23.2 Å². The van der Waals surface area contributed by atoms with Gasteiger partial charge in [-0.3, -0.25) is 0 Å².